The highest BCUT2D eigenvalue weighted by molar-refractivity contribution is 7.98. The Morgan fingerprint density at radius 2 is 1.77 bits per heavy atom. The lowest BCUT2D eigenvalue weighted by molar-refractivity contribution is 0.415. The van der Waals surface area contributed by atoms with Crippen molar-refractivity contribution in [1.29, 1.82) is 0 Å². The molecule has 0 radical (unpaired) electrons. The molecule has 0 aliphatic rings. The van der Waals surface area contributed by atoms with Crippen molar-refractivity contribution in [3.05, 3.63) is 89.5 Å². The van der Waals surface area contributed by atoms with Crippen molar-refractivity contribution < 1.29 is 13.5 Å². The Bertz CT molecular complexity index is 1180. The molecule has 0 fully saturated rings. The normalized spacial score (nSPS) is 10.9. The van der Waals surface area contributed by atoms with Gasteiger partial charge >= 0.3 is 0 Å². The molecule has 0 bridgehead atoms. The zero-order chi connectivity index (χ0) is 21.1. The maximum Gasteiger partial charge on any atom is 0.196 e. The van der Waals surface area contributed by atoms with E-state index in [4.69, 9.17) is 4.74 Å². The lowest BCUT2D eigenvalue weighted by Gasteiger charge is -2.12. The first-order chi connectivity index (χ1) is 14.5. The molecule has 4 aromatic rings. The summed E-state index contributed by atoms with van der Waals surface area (Å²) in [5.74, 6) is 0.566. The van der Waals surface area contributed by atoms with Crippen LogP contribution in [0, 0.1) is 18.6 Å². The SMILES string of the molecule is COc1ccc(-c2nnc(SCc3ccc(F)cc3F)n2-c2cccc(C)c2)cc1. The highest BCUT2D eigenvalue weighted by atomic mass is 32.2. The Morgan fingerprint density at radius 3 is 2.47 bits per heavy atom. The van der Waals surface area contributed by atoms with Crippen molar-refractivity contribution in [2.24, 2.45) is 0 Å². The number of nitrogens with zero attached hydrogens (tertiary/aromatic N) is 3. The smallest absolute Gasteiger partial charge is 0.196 e. The van der Waals surface area contributed by atoms with E-state index in [0.717, 1.165) is 28.6 Å². The molecule has 152 valence electrons. The fourth-order valence-corrected chi connectivity index (χ4v) is 4.01. The lowest BCUT2D eigenvalue weighted by atomic mass is 10.2. The van der Waals surface area contributed by atoms with E-state index in [-0.39, 0.29) is 0 Å². The summed E-state index contributed by atoms with van der Waals surface area (Å²) in [7, 11) is 1.62. The summed E-state index contributed by atoms with van der Waals surface area (Å²) < 4.78 is 34.4. The van der Waals surface area contributed by atoms with Gasteiger partial charge < -0.3 is 4.74 Å². The van der Waals surface area contributed by atoms with Gasteiger partial charge in [0.2, 0.25) is 0 Å². The van der Waals surface area contributed by atoms with Crippen LogP contribution in [0.1, 0.15) is 11.1 Å². The number of halogens is 2. The van der Waals surface area contributed by atoms with Crippen LogP contribution in [0.15, 0.2) is 71.9 Å². The Balaban J connectivity index is 1.73. The molecule has 3 aromatic carbocycles. The monoisotopic (exact) mass is 423 g/mol. The number of hydrogen-bond acceptors (Lipinski definition) is 4. The van der Waals surface area contributed by atoms with Gasteiger partial charge in [0.05, 0.1) is 7.11 Å². The molecule has 0 atom stereocenters. The summed E-state index contributed by atoms with van der Waals surface area (Å²) in [6.07, 6.45) is 0. The number of hydrogen-bond donors (Lipinski definition) is 0. The zero-order valence-electron chi connectivity index (χ0n) is 16.5. The maximum atomic E-state index is 14.1. The van der Waals surface area contributed by atoms with E-state index >= 15 is 0 Å². The fourth-order valence-electron chi connectivity index (χ4n) is 3.07. The van der Waals surface area contributed by atoms with Crippen LogP contribution in [0.25, 0.3) is 17.1 Å². The van der Waals surface area contributed by atoms with Crippen molar-refractivity contribution >= 4 is 11.8 Å². The molecule has 1 heterocycles. The molecule has 4 rings (SSSR count). The van der Waals surface area contributed by atoms with Crippen molar-refractivity contribution in [1.82, 2.24) is 14.8 Å². The minimum atomic E-state index is -0.592. The van der Waals surface area contributed by atoms with Gasteiger partial charge in [-0.15, -0.1) is 10.2 Å². The molecule has 30 heavy (non-hydrogen) atoms. The molecular weight excluding hydrogens is 404 g/mol. The van der Waals surface area contributed by atoms with Crippen LogP contribution < -0.4 is 4.74 Å². The van der Waals surface area contributed by atoms with Crippen LogP contribution in [0.3, 0.4) is 0 Å². The number of rotatable bonds is 6. The number of methoxy groups -OCH3 is 1. The van der Waals surface area contributed by atoms with E-state index < -0.39 is 11.6 Å². The minimum Gasteiger partial charge on any atom is -0.497 e. The molecule has 7 heteroatoms. The highest BCUT2D eigenvalue weighted by Crippen LogP contribution is 2.31. The number of aromatic nitrogens is 3. The van der Waals surface area contributed by atoms with Crippen LogP contribution in [0.4, 0.5) is 8.78 Å². The third-order valence-corrected chi connectivity index (χ3v) is 5.59. The van der Waals surface area contributed by atoms with Gasteiger partial charge in [0.25, 0.3) is 0 Å². The highest BCUT2D eigenvalue weighted by Gasteiger charge is 2.17. The molecule has 0 spiro atoms. The second-order valence-electron chi connectivity index (χ2n) is 6.73. The lowest BCUT2D eigenvalue weighted by Crippen LogP contribution is -2.00. The molecular formula is C23H19F2N3OS. The van der Waals surface area contributed by atoms with E-state index in [1.807, 2.05) is 60.0 Å². The Hall–Kier alpha value is -3.19. The molecule has 0 saturated carbocycles. The first-order valence-corrected chi connectivity index (χ1v) is 10.3. The van der Waals surface area contributed by atoms with Crippen molar-refractivity contribution in [3.63, 3.8) is 0 Å². The van der Waals surface area contributed by atoms with Crippen LogP contribution in [0.2, 0.25) is 0 Å². The number of benzene rings is 3. The molecule has 0 saturated heterocycles. The van der Waals surface area contributed by atoms with E-state index in [1.165, 1.54) is 23.9 Å². The predicted octanol–water partition coefficient (Wildman–Crippen LogP) is 5.82. The zero-order valence-corrected chi connectivity index (χ0v) is 17.3. The van der Waals surface area contributed by atoms with Gasteiger partial charge in [-0.2, -0.15) is 0 Å². The van der Waals surface area contributed by atoms with Gasteiger partial charge in [-0.05, 0) is 60.5 Å². The molecule has 0 aliphatic carbocycles. The molecule has 4 nitrogen and oxygen atoms in total. The topological polar surface area (TPSA) is 39.9 Å². The summed E-state index contributed by atoms with van der Waals surface area (Å²) >= 11 is 1.35. The number of ether oxygens (including phenoxy) is 1. The average molecular weight is 423 g/mol. The molecule has 0 unspecified atom stereocenters. The second kappa shape index (κ2) is 8.67. The minimum absolute atomic E-state index is 0.304. The van der Waals surface area contributed by atoms with Crippen LogP contribution >= 0.6 is 11.8 Å². The average Bonchev–Trinajstić information content (AvgIpc) is 3.17. The van der Waals surface area contributed by atoms with Crippen molar-refractivity contribution in [2.75, 3.05) is 7.11 Å². The van der Waals surface area contributed by atoms with Gasteiger partial charge in [0.1, 0.15) is 17.4 Å². The third kappa shape index (κ3) is 4.21. The molecule has 0 aliphatic heterocycles. The van der Waals surface area contributed by atoms with Gasteiger partial charge in [-0.1, -0.05) is 30.0 Å². The second-order valence-corrected chi connectivity index (χ2v) is 7.68. The summed E-state index contributed by atoms with van der Waals surface area (Å²) in [5, 5.41) is 9.37. The van der Waals surface area contributed by atoms with Gasteiger partial charge in [-0.3, -0.25) is 4.57 Å². The van der Waals surface area contributed by atoms with Crippen molar-refractivity contribution in [2.45, 2.75) is 17.8 Å². The number of thioether (sulfide) groups is 1. The van der Waals surface area contributed by atoms with E-state index in [2.05, 4.69) is 10.2 Å². The number of aryl methyl sites for hydroxylation is 1. The van der Waals surface area contributed by atoms with Crippen LogP contribution in [0.5, 0.6) is 5.75 Å². The Labute approximate surface area is 177 Å². The largest absolute Gasteiger partial charge is 0.497 e. The third-order valence-electron chi connectivity index (χ3n) is 4.61. The Morgan fingerprint density at radius 1 is 0.967 bits per heavy atom. The van der Waals surface area contributed by atoms with E-state index in [9.17, 15) is 8.78 Å². The standard InChI is InChI=1S/C23H19F2N3OS/c1-15-4-3-5-19(12-15)28-22(16-7-10-20(29-2)11-8-16)26-27-23(28)30-14-17-6-9-18(24)13-21(17)25/h3-13H,14H2,1-2H3. The molecule has 0 N–H and O–H groups in total. The van der Waals surface area contributed by atoms with Crippen LogP contribution in [-0.4, -0.2) is 21.9 Å². The van der Waals surface area contributed by atoms with Crippen LogP contribution in [-0.2, 0) is 5.75 Å². The summed E-state index contributed by atoms with van der Waals surface area (Å²) in [6.45, 7) is 2.02. The van der Waals surface area contributed by atoms with Gasteiger partial charge in [0.15, 0.2) is 11.0 Å². The maximum absolute atomic E-state index is 14.1. The molecule has 0 amide bonds. The molecule has 1 aromatic heterocycles. The first-order valence-electron chi connectivity index (χ1n) is 9.29. The summed E-state index contributed by atoms with van der Waals surface area (Å²) in [4.78, 5) is 0. The summed E-state index contributed by atoms with van der Waals surface area (Å²) in [5.41, 5.74) is 3.30. The predicted molar refractivity (Wildman–Crippen MR) is 114 cm³/mol. The first kappa shape index (κ1) is 20.1. The van der Waals surface area contributed by atoms with E-state index in [0.29, 0.717) is 22.3 Å². The van der Waals surface area contributed by atoms with Gasteiger partial charge in [-0.25, -0.2) is 8.78 Å². The van der Waals surface area contributed by atoms with Gasteiger partial charge in [0, 0.05) is 23.1 Å². The quantitative estimate of drug-likeness (QED) is 0.366. The van der Waals surface area contributed by atoms with E-state index in [1.54, 1.807) is 7.11 Å². The fraction of sp³-hybridized carbons (Fsp3) is 0.130. The van der Waals surface area contributed by atoms with Crippen molar-refractivity contribution in [3.8, 4) is 22.8 Å². The summed E-state index contributed by atoms with van der Waals surface area (Å²) in [6, 6.07) is 19.2. The Kier molecular flexibility index (Phi) is 5.81.